The standard InChI is InChI=1S/C12H11N3O3S/c1-8-14-15-12(19-8)13-11(17)7-18-10-4-2-9(6-16)3-5-10/h2-6H,7H2,1H3,(H,13,15,17). The summed E-state index contributed by atoms with van der Waals surface area (Å²) in [6, 6.07) is 6.50. The number of ether oxygens (including phenoxy) is 1. The van der Waals surface area contributed by atoms with Crippen LogP contribution in [0.1, 0.15) is 15.4 Å². The minimum absolute atomic E-state index is 0.126. The van der Waals surface area contributed by atoms with Crippen molar-refractivity contribution in [2.24, 2.45) is 0 Å². The van der Waals surface area contributed by atoms with E-state index in [2.05, 4.69) is 15.5 Å². The average molecular weight is 277 g/mol. The minimum Gasteiger partial charge on any atom is -0.484 e. The summed E-state index contributed by atoms with van der Waals surface area (Å²) in [7, 11) is 0. The summed E-state index contributed by atoms with van der Waals surface area (Å²) >= 11 is 1.29. The van der Waals surface area contributed by atoms with Gasteiger partial charge < -0.3 is 4.74 Å². The van der Waals surface area contributed by atoms with Crippen molar-refractivity contribution in [3.05, 3.63) is 34.8 Å². The number of carbonyl (C=O) groups excluding carboxylic acids is 2. The van der Waals surface area contributed by atoms with Gasteiger partial charge in [0.25, 0.3) is 5.91 Å². The van der Waals surface area contributed by atoms with Gasteiger partial charge in [0.15, 0.2) is 6.61 Å². The largest absolute Gasteiger partial charge is 0.484 e. The van der Waals surface area contributed by atoms with Gasteiger partial charge in [-0.2, -0.15) is 0 Å². The molecule has 0 spiro atoms. The molecule has 0 saturated carbocycles. The molecule has 19 heavy (non-hydrogen) atoms. The van der Waals surface area contributed by atoms with Gasteiger partial charge in [0.1, 0.15) is 17.0 Å². The molecule has 0 bridgehead atoms. The van der Waals surface area contributed by atoms with E-state index in [1.54, 1.807) is 31.2 Å². The molecule has 0 aliphatic carbocycles. The van der Waals surface area contributed by atoms with Crippen LogP contribution in [0.4, 0.5) is 5.13 Å². The summed E-state index contributed by atoms with van der Waals surface area (Å²) in [5.41, 5.74) is 0.557. The molecule has 1 amide bonds. The van der Waals surface area contributed by atoms with Crippen LogP contribution in [-0.4, -0.2) is 29.0 Å². The zero-order chi connectivity index (χ0) is 13.7. The number of amides is 1. The fraction of sp³-hybridized carbons (Fsp3) is 0.167. The predicted octanol–water partition coefficient (Wildman–Crippen LogP) is 1.68. The monoisotopic (exact) mass is 277 g/mol. The molecule has 0 radical (unpaired) electrons. The van der Waals surface area contributed by atoms with Crippen molar-refractivity contribution in [1.82, 2.24) is 10.2 Å². The second kappa shape index (κ2) is 6.05. The topological polar surface area (TPSA) is 81.2 Å². The van der Waals surface area contributed by atoms with Gasteiger partial charge in [0.2, 0.25) is 5.13 Å². The Morgan fingerprint density at radius 2 is 2.11 bits per heavy atom. The Hall–Kier alpha value is -2.28. The predicted molar refractivity (Wildman–Crippen MR) is 70.6 cm³/mol. The molecular weight excluding hydrogens is 266 g/mol. The minimum atomic E-state index is -0.310. The molecule has 1 heterocycles. The molecule has 0 fully saturated rings. The molecule has 0 aliphatic rings. The van der Waals surface area contributed by atoms with Crippen molar-refractivity contribution in [3.8, 4) is 5.75 Å². The Kier molecular flexibility index (Phi) is 4.19. The van der Waals surface area contributed by atoms with Crippen LogP contribution in [0.2, 0.25) is 0 Å². The zero-order valence-electron chi connectivity index (χ0n) is 10.1. The Balaban J connectivity index is 1.84. The van der Waals surface area contributed by atoms with E-state index in [1.807, 2.05) is 0 Å². The van der Waals surface area contributed by atoms with Crippen LogP contribution in [0.15, 0.2) is 24.3 Å². The maximum absolute atomic E-state index is 11.6. The fourth-order valence-corrected chi connectivity index (χ4v) is 1.90. The van der Waals surface area contributed by atoms with E-state index in [-0.39, 0.29) is 12.5 Å². The summed E-state index contributed by atoms with van der Waals surface area (Å²) in [5.74, 6) is 0.213. The fourth-order valence-electron chi connectivity index (χ4n) is 1.29. The van der Waals surface area contributed by atoms with Crippen molar-refractivity contribution in [2.45, 2.75) is 6.92 Å². The first-order chi connectivity index (χ1) is 9.17. The number of hydrogen-bond acceptors (Lipinski definition) is 6. The molecule has 2 aromatic rings. The molecular formula is C12H11N3O3S. The molecule has 1 aromatic heterocycles. The van der Waals surface area contributed by atoms with Crippen molar-refractivity contribution in [2.75, 3.05) is 11.9 Å². The van der Waals surface area contributed by atoms with Crippen molar-refractivity contribution < 1.29 is 14.3 Å². The molecule has 0 saturated heterocycles. The highest BCUT2D eigenvalue weighted by Crippen LogP contribution is 2.14. The van der Waals surface area contributed by atoms with E-state index in [9.17, 15) is 9.59 Å². The number of aryl methyl sites for hydroxylation is 1. The normalized spacial score (nSPS) is 9.95. The van der Waals surface area contributed by atoms with E-state index in [0.717, 1.165) is 11.3 Å². The van der Waals surface area contributed by atoms with Gasteiger partial charge in [-0.3, -0.25) is 14.9 Å². The summed E-state index contributed by atoms with van der Waals surface area (Å²) in [6.07, 6.45) is 0.744. The number of nitrogens with zero attached hydrogens (tertiary/aromatic N) is 2. The number of rotatable bonds is 5. The second-order valence-electron chi connectivity index (χ2n) is 3.65. The lowest BCUT2D eigenvalue weighted by Gasteiger charge is -2.05. The lowest BCUT2D eigenvalue weighted by Crippen LogP contribution is -2.20. The Morgan fingerprint density at radius 1 is 1.37 bits per heavy atom. The zero-order valence-corrected chi connectivity index (χ0v) is 10.9. The van der Waals surface area contributed by atoms with Crippen LogP contribution in [0, 0.1) is 6.92 Å². The van der Waals surface area contributed by atoms with Crippen LogP contribution in [0.5, 0.6) is 5.75 Å². The first-order valence-corrected chi connectivity index (χ1v) is 6.27. The van der Waals surface area contributed by atoms with E-state index in [1.165, 1.54) is 11.3 Å². The lowest BCUT2D eigenvalue weighted by molar-refractivity contribution is -0.118. The number of aldehydes is 1. The van der Waals surface area contributed by atoms with Gasteiger partial charge in [0, 0.05) is 5.56 Å². The maximum Gasteiger partial charge on any atom is 0.264 e. The van der Waals surface area contributed by atoms with Gasteiger partial charge in [-0.05, 0) is 31.2 Å². The second-order valence-corrected chi connectivity index (χ2v) is 4.83. The van der Waals surface area contributed by atoms with Crippen LogP contribution in [-0.2, 0) is 4.79 Å². The van der Waals surface area contributed by atoms with Crippen LogP contribution < -0.4 is 10.1 Å². The molecule has 98 valence electrons. The van der Waals surface area contributed by atoms with Crippen LogP contribution >= 0.6 is 11.3 Å². The molecule has 1 aromatic carbocycles. The van der Waals surface area contributed by atoms with E-state index < -0.39 is 0 Å². The van der Waals surface area contributed by atoms with Gasteiger partial charge in [-0.15, -0.1) is 10.2 Å². The SMILES string of the molecule is Cc1nnc(NC(=O)COc2ccc(C=O)cc2)s1. The molecule has 0 atom stereocenters. The summed E-state index contributed by atoms with van der Waals surface area (Å²) < 4.78 is 5.27. The lowest BCUT2D eigenvalue weighted by atomic mass is 10.2. The molecule has 0 aliphatic heterocycles. The Labute approximate surface area is 113 Å². The summed E-state index contributed by atoms with van der Waals surface area (Å²) in [5, 5.41) is 11.4. The van der Waals surface area contributed by atoms with Gasteiger partial charge in [0.05, 0.1) is 0 Å². The summed E-state index contributed by atoms with van der Waals surface area (Å²) in [4.78, 5) is 22.0. The first kappa shape index (κ1) is 13.2. The number of anilines is 1. The molecule has 1 N–H and O–H groups in total. The number of carbonyl (C=O) groups is 2. The number of benzene rings is 1. The quantitative estimate of drug-likeness (QED) is 0.841. The molecule has 7 heteroatoms. The molecule has 2 rings (SSSR count). The van der Waals surface area contributed by atoms with Crippen LogP contribution in [0.3, 0.4) is 0 Å². The summed E-state index contributed by atoms with van der Waals surface area (Å²) in [6.45, 7) is 1.68. The van der Waals surface area contributed by atoms with Crippen molar-refractivity contribution in [3.63, 3.8) is 0 Å². The molecule has 6 nitrogen and oxygen atoms in total. The third-order valence-electron chi connectivity index (χ3n) is 2.16. The third kappa shape index (κ3) is 3.85. The van der Waals surface area contributed by atoms with Gasteiger partial charge in [-0.1, -0.05) is 11.3 Å². The van der Waals surface area contributed by atoms with E-state index >= 15 is 0 Å². The highest BCUT2D eigenvalue weighted by molar-refractivity contribution is 7.15. The third-order valence-corrected chi connectivity index (χ3v) is 2.91. The van der Waals surface area contributed by atoms with E-state index in [0.29, 0.717) is 16.4 Å². The Morgan fingerprint density at radius 3 is 2.68 bits per heavy atom. The molecule has 0 unspecified atom stereocenters. The van der Waals surface area contributed by atoms with Crippen molar-refractivity contribution >= 4 is 28.7 Å². The van der Waals surface area contributed by atoms with Crippen molar-refractivity contribution in [1.29, 1.82) is 0 Å². The number of nitrogens with one attached hydrogen (secondary N) is 1. The first-order valence-electron chi connectivity index (χ1n) is 5.45. The highest BCUT2D eigenvalue weighted by atomic mass is 32.1. The maximum atomic E-state index is 11.6. The van der Waals surface area contributed by atoms with E-state index in [4.69, 9.17) is 4.74 Å². The smallest absolute Gasteiger partial charge is 0.264 e. The highest BCUT2D eigenvalue weighted by Gasteiger charge is 2.07. The number of aromatic nitrogens is 2. The number of hydrogen-bond donors (Lipinski definition) is 1. The van der Waals surface area contributed by atoms with Gasteiger partial charge in [-0.25, -0.2) is 0 Å². The average Bonchev–Trinajstić information content (AvgIpc) is 2.82. The van der Waals surface area contributed by atoms with Gasteiger partial charge >= 0.3 is 0 Å². The Bertz CT molecular complexity index is 580. The van der Waals surface area contributed by atoms with Crippen LogP contribution in [0.25, 0.3) is 0 Å².